The molecule has 0 amide bonds. The van der Waals surface area contributed by atoms with E-state index in [4.69, 9.17) is 0 Å². The lowest BCUT2D eigenvalue weighted by Crippen LogP contribution is -2.26. The van der Waals surface area contributed by atoms with Crippen LogP contribution >= 0.6 is 15.9 Å². The molecule has 1 fully saturated rings. The summed E-state index contributed by atoms with van der Waals surface area (Å²) in [5.74, 6) is 1.47. The molecule has 2 unspecified atom stereocenters. The van der Waals surface area contributed by atoms with Gasteiger partial charge in [0.2, 0.25) is 0 Å². The van der Waals surface area contributed by atoms with E-state index in [2.05, 4.69) is 35.0 Å². The summed E-state index contributed by atoms with van der Waals surface area (Å²) in [5.41, 5.74) is 1.27. The number of hydrogen-bond acceptors (Lipinski definition) is 1. The van der Waals surface area contributed by atoms with Crippen LogP contribution < -0.4 is 0 Å². The van der Waals surface area contributed by atoms with Gasteiger partial charge < -0.3 is 0 Å². The first-order valence-corrected chi connectivity index (χ1v) is 7.25. The highest BCUT2D eigenvalue weighted by Crippen LogP contribution is 2.31. The summed E-state index contributed by atoms with van der Waals surface area (Å²) >= 11 is 3.48. The van der Waals surface area contributed by atoms with E-state index in [0.29, 0.717) is 5.78 Å². The molecule has 2 atom stereocenters. The van der Waals surface area contributed by atoms with Gasteiger partial charge in [-0.1, -0.05) is 41.4 Å². The Bertz CT molecular complexity index is 400. The molecule has 2 heteroatoms. The SMILES string of the molecule is CCC1CCC(=O)C(Cc2cccc(Br)c2)C1. The maximum atomic E-state index is 11.9. The monoisotopic (exact) mass is 294 g/mol. The molecule has 1 nitrogen and oxygen atoms in total. The number of Topliss-reactive ketones (excluding diaryl/α,β-unsaturated/α-hetero) is 1. The molecule has 0 bridgehead atoms. The van der Waals surface area contributed by atoms with Gasteiger partial charge >= 0.3 is 0 Å². The summed E-state index contributed by atoms with van der Waals surface area (Å²) in [7, 11) is 0. The minimum atomic E-state index is 0.253. The van der Waals surface area contributed by atoms with Crippen LogP contribution in [-0.4, -0.2) is 5.78 Å². The molecule has 1 aliphatic carbocycles. The van der Waals surface area contributed by atoms with E-state index >= 15 is 0 Å². The summed E-state index contributed by atoms with van der Waals surface area (Å²) in [6.07, 6.45) is 5.10. The first-order valence-electron chi connectivity index (χ1n) is 6.46. The molecule has 1 aromatic carbocycles. The maximum absolute atomic E-state index is 11.9. The lowest BCUT2D eigenvalue weighted by molar-refractivity contribution is -0.125. The Balaban J connectivity index is 2.04. The van der Waals surface area contributed by atoms with Gasteiger partial charge in [0.05, 0.1) is 0 Å². The smallest absolute Gasteiger partial charge is 0.136 e. The highest BCUT2D eigenvalue weighted by atomic mass is 79.9. The summed E-state index contributed by atoms with van der Waals surface area (Å²) in [6, 6.07) is 8.32. The molecule has 1 aliphatic rings. The van der Waals surface area contributed by atoms with Crippen molar-refractivity contribution in [3.8, 4) is 0 Å². The van der Waals surface area contributed by atoms with Crippen LogP contribution in [0.25, 0.3) is 0 Å². The second-order valence-electron chi connectivity index (χ2n) is 5.05. The zero-order valence-corrected chi connectivity index (χ0v) is 11.9. The van der Waals surface area contributed by atoms with E-state index in [1.165, 1.54) is 12.0 Å². The van der Waals surface area contributed by atoms with Crippen molar-refractivity contribution in [1.29, 1.82) is 0 Å². The molecule has 1 saturated carbocycles. The molecule has 92 valence electrons. The minimum Gasteiger partial charge on any atom is -0.299 e. The zero-order valence-electron chi connectivity index (χ0n) is 10.3. The number of ketones is 1. The zero-order chi connectivity index (χ0) is 12.3. The third-order valence-corrected chi connectivity index (χ3v) is 4.31. The lowest BCUT2D eigenvalue weighted by Gasteiger charge is -2.27. The van der Waals surface area contributed by atoms with Crippen molar-refractivity contribution in [3.05, 3.63) is 34.3 Å². The first kappa shape index (κ1) is 12.8. The molecule has 0 spiro atoms. The van der Waals surface area contributed by atoms with Gasteiger partial charge in [0, 0.05) is 16.8 Å². The average Bonchev–Trinajstić information content (AvgIpc) is 2.32. The number of hydrogen-bond donors (Lipinski definition) is 0. The highest BCUT2D eigenvalue weighted by molar-refractivity contribution is 9.10. The fourth-order valence-corrected chi connectivity index (χ4v) is 3.17. The molecule has 0 heterocycles. The van der Waals surface area contributed by atoms with E-state index in [-0.39, 0.29) is 5.92 Å². The van der Waals surface area contributed by atoms with E-state index in [0.717, 1.165) is 36.1 Å². The molecule has 2 rings (SSSR count). The summed E-state index contributed by atoms with van der Waals surface area (Å²) in [6.45, 7) is 2.23. The van der Waals surface area contributed by atoms with Crippen molar-refractivity contribution in [1.82, 2.24) is 0 Å². The van der Waals surface area contributed by atoms with Gasteiger partial charge in [-0.2, -0.15) is 0 Å². The first-order chi connectivity index (χ1) is 8.19. The van der Waals surface area contributed by atoms with E-state index in [1.54, 1.807) is 0 Å². The predicted molar refractivity (Wildman–Crippen MR) is 74.0 cm³/mol. The van der Waals surface area contributed by atoms with Gasteiger partial charge in [0.1, 0.15) is 5.78 Å². The van der Waals surface area contributed by atoms with Crippen LogP contribution in [0.15, 0.2) is 28.7 Å². The Morgan fingerprint density at radius 2 is 2.24 bits per heavy atom. The quantitative estimate of drug-likeness (QED) is 0.808. The van der Waals surface area contributed by atoms with Gasteiger partial charge in [-0.05, 0) is 42.9 Å². The minimum absolute atomic E-state index is 0.253. The van der Waals surface area contributed by atoms with Crippen molar-refractivity contribution >= 4 is 21.7 Å². The van der Waals surface area contributed by atoms with Crippen LogP contribution in [0.1, 0.15) is 38.2 Å². The third-order valence-electron chi connectivity index (χ3n) is 3.82. The number of benzene rings is 1. The lowest BCUT2D eigenvalue weighted by atomic mass is 9.77. The van der Waals surface area contributed by atoms with Crippen molar-refractivity contribution in [2.24, 2.45) is 11.8 Å². The molecule has 0 aliphatic heterocycles. The molecule has 0 aromatic heterocycles. The second-order valence-corrected chi connectivity index (χ2v) is 5.96. The molecule has 0 N–H and O–H groups in total. The van der Waals surface area contributed by atoms with E-state index in [1.807, 2.05) is 12.1 Å². The van der Waals surface area contributed by atoms with E-state index < -0.39 is 0 Å². The van der Waals surface area contributed by atoms with Crippen molar-refractivity contribution in [2.75, 3.05) is 0 Å². The van der Waals surface area contributed by atoms with Crippen LogP contribution in [0.2, 0.25) is 0 Å². The molecule has 0 saturated heterocycles. The maximum Gasteiger partial charge on any atom is 0.136 e. The van der Waals surface area contributed by atoms with Crippen molar-refractivity contribution in [2.45, 2.75) is 39.0 Å². The Morgan fingerprint density at radius 3 is 2.94 bits per heavy atom. The van der Waals surface area contributed by atoms with Crippen LogP contribution in [-0.2, 0) is 11.2 Å². The van der Waals surface area contributed by atoms with Gasteiger partial charge in [-0.3, -0.25) is 4.79 Å². The Labute approximate surface area is 112 Å². The average molecular weight is 295 g/mol. The molecule has 0 radical (unpaired) electrons. The Hall–Kier alpha value is -0.630. The van der Waals surface area contributed by atoms with Crippen molar-refractivity contribution < 1.29 is 4.79 Å². The summed E-state index contributed by atoms with van der Waals surface area (Å²) in [4.78, 5) is 11.9. The van der Waals surface area contributed by atoms with Crippen LogP contribution in [0.4, 0.5) is 0 Å². The molecule has 17 heavy (non-hydrogen) atoms. The Kier molecular flexibility index (Phi) is 4.38. The highest BCUT2D eigenvalue weighted by Gasteiger charge is 2.27. The number of rotatable bonds is 3. The van der Waals surface area contributed by atoms with Gasteiger partial charge in [-0.15, -0.1) is 0 Å². The largest absolute Gasteiger partial charge is 0.299 e. The van der Waals surface area contributed by atoms with Gasteiger partial charge in [-0.25, -0.2) is 0 Å². The van der Waals surface area contributed by atoms with Crippen LogP contribution in [0, 0.1) is 11.8 Å². The molecule has 1 aromatic rings. The van der Waals surface area contributed by atoms with Gasteiger partial charge in [0.15, 0.2) is 0 Å². The van der Waals surface area contributed by atoms with Crippen LogP contribution in [0.5, 0.6) is 0 Å². The molecular formula is C15H19BrO. The second kappa shape index (κ2) is 5.81. The van der Waals surface area contributed by atoms with E-state index in [9.17, 15) is 4.79 Å². The summed E-state index contributed by atoms with van der Waals surface area (Å²) in [5, 5.41) is 0. The molecular weight excluding hydrogens is 276 g/mol. The fourth-order valence-electron chi connectivity index (χ4n) is 2.72. The number of carbonyl (C=O) groups excluding carboxylic acids is 1. The fraction of sp³-hybridized carbons (Fsp3) is 0.533. The topological polar surface area (TPSA) is 17.1 Å². The van der Waals surface area contributed by atoms with Gasteiger partial charge in [0.25, 0.3) is 0 Å². The standard InChI is InChI=1S/C15H19BrO/c1-2-11-6-7-15(17)13(8-11)9-12-4-3-5-14(16)10-12/h3-5,10-11,13H,2,6-9H2,1H3. The van der Waals surface area contributed by atoms with Crippen molar-refractivity contribution in [3.63, 3.8) is 0 Å². The number of carbonyl (C=O) groups is 1. The predicted octanol–water partition coefficient (Wildman–Crippen LogP) is 4.39. The normalized spacial score (nSPS) is 24.9. The Morgan fingerprint density at radius 1 is 1.41 bits per heavy atom. The van der Waals surface area contributed by atoms with Crippen LogP contribution in [0.3, 0.4) is 0 Å². The third kappa shape index (κ3) is 3.41. The number of halogens is 1. The summed E-state index contributed by atoms with van der Waals surface area (Å²) < 4.78 is 1.10.